The number of hydrogen-bond acceptors (Lipinski definition) is 2. The second-order valence-corrected chi connectivity index (χ2v) is 3.04. The van der Waals surface area contributed by atoms with Crippen molar-refractivity contribution in [1.29, 1.82) is 0 Å². The molecule has 0 aromatic heterocycles. The van der Waals surface area contributed by atoms with E-state index in [4.69, 9.17) is 4.74 Å². The summed E-state index contributed by atoms with van der Waals surface area (Å²) in [5.74, 6) is 0. The second-order valence-electron chi connectivity index (χ2n) is 3.04. The van der Waals surface area contributed by atoms with Gasteiger partial charge >= 0.3 is 0 Å². The third-order valence-corrected chi connectivity index (χ3v) is 1.77. The lowest BCUT2D eigenvalue weighted by atomic mass is 9.89. The molecule has 2 heteroatoms. The highest BCUT2D eigenvalue weighted by Gasteiger charge is 2.25. The third-order valence-electron chi connectivity index (χ3n) is 1.77. The van der Waals surface area contributed by atoms with Crippen LogP contribution in [0.1, 0.15) is 27.7 Å². The van der Waals surface area contributed by atoms with Crippen LogP contribution in [0.25, 0.3) is 0 Å². The molecule has 0 aliphatic rings. The summed E-state index contributed by atoms with van der Waals surface area (Å²) in [6.45, 7) is 8.26. The van der Waals surface area contributed by atoms with Gasteiger partial charge in [0.15, 0.2) is 0 Å². The summed E-state index contributed by atoms with van der Waals surface area (Å²) in [6.07, 6.45) is 0.947. The quantitative estimate of drug-likeness (QED) is 0.561. The summed E-state index contributed by atoms with van der Waals surface area (Å²) < 4.78 is 5.27. The van der Waals surface area contributed by atoms with Gasteiger partial charge in [0.25, 0.3) is 0 Å². The molecule has 0 saturated carbocycles. The molecular weight excluding hydrogens is 128 g/mol. The Morgan fingerprint density at radius 2 is 2.10 bits per heavy atom. The van der Waals surface area contributed by atoms with Gasteiger partial charge in [0.2, 0.25) is 0 Å². The van der Waals surface area contributed by atoms with E-state index in [0.717, 1.165) is 6.29 Å². The molecule has 0 spiro atoms. The molecule has 0 bridgehead atoms. The van der Waals surface area contributed by atoms with Crippen molar-refractivity contribution in [3.63, 3.8) is 0 Å². The summed E-state index contributed by atoms with van der Waals surface area (Å²) in [5, 5.41) is 0. The first-order valence-electron chi connectivity index (χ1n) is 3.62. The van der Waals surface area contributed by atoms with Crippen LogP contribution < -0.4 is 0 Å². The monoisotopic (exact) mass is 144 g/mol. The fourth-order valence-electron chi connectivity index (χ4n) is 0.561. The SMILES string of the molecule is CCOC(C)C(C)(C)C=O. The lowest BCUT2D eigenvalue weighted by Crippen LogP contribution is -2.30. The molecule has 0 heterocycles. The van der Waals surface area contributed by atoms with Crippen molar-refractivity contribution in [3.8, 4) is 0 Å². The zero-order chi connectivity index (χ0) is 8.20. The van der Waals surface area contributed by atoms with Gasteiger partial charge in [0.05, 0.1) is 6.10 Å². The number of carbonyl (C=O) groups is 1. The van der Waals surface area contributed by atoms with E-state index in [-0.39, 0.29) is 11.5 Å². The molecule has 0 aromatic rings. The second kappa shape index (κ2) is 3.71. The Hall–Kier alpha value is -0.370. The van der Waals surface area contributed by atoms with Crippen LogP contribution in [0.15, 0.2) is 0 Å². The lowest BCUT2D eigenvalue weighted by molar-refractivity contribution is -0.121. The first kappa shape index (κ1) is 9.63. The molecule has 0 fully saturated rings. The molecule has 0 aliphatic carbocycles. The van der Waals surface area contributed by atoms with Crippen molar-refractivity contribution in [3.05, 3.63) is 0 Å². The Morgan fingerprint density at radius 1 is 1.60 bits per heavy atom. The molecule has 0 radical (unpaired) electrons. The van der Waals surface area contributed by atoms with E-state index in [1.54, 1.807) is 0 Å². The van der Waals surface area contributed by atoms with Gasteiger partial charge in [-0.3, -0.25) is 0 Å². The fraction of sp³-hybridized carbons (Fsp3) is 0.875. The predicted octanol–water partition coefficient (Wildman–Crippen LogP) is 1.64. The lowest BCUT2D eigenvalue weighted by Gasteiger charge is -2.24. The number of ether oxygens (including phenoxy) is 1. The Kier molecular flexibility index (Phi) is 3.58. The normalized spacial score (nSPS) is 14.8. The van der Waals surface area contributed by atoms with Gasteiger partial charge in [-0.1, -0.05) is 13.8 Å². The van der Waals surface area contributed by atoms with E-state index in [1.165, 1.54) is 0 Å². The van der Waals surface area contributed by atoms with Crippen molar-refractivity contribution in [1.82, 2.24) is 0 Å². The fourth-order valence-corrected chi connectivity index (χ4v) is 0.561. The van der Waals surface area contributed by atoms with Crippen molar-refractivity contribution in [2.45, 2.75) is 33.8 Å². The maximum Gasteiger partial charge on any atom is 0.128 e. The summed E-state index contributed by atoms with van der Waals surface area (Å²) in [4.78, 5) is 10.5. The summed E-state index contributed by atoms with van der Waals surface area (Å²) in [7, 11) is 0. The van der Waals surface area contributed by atoms with Crippen molar-refractivity contribution in [2.24, 2.45) is 5.41 Å². The van der Waals surface area contributed by atoms with E-state index in [0.29, 0.717) is 6.61 Å². The summed E-state index contributed by atoms with van der Waals surface area (Å²) in [5.41, 5.74) is -0.351. The Balaban J connectivity index is 3.90. The zero-order valence-electron chi connectivity index (χ0n) is 7.18. The summed E-state index contributed by atoms with van der Waals surface area (Å²) >= 11 is 0. The van der Waals surface area contributed by atoms with Gasteiger partial charge in [0, 0.05) is 12.0 Å². The number of hydrogen-bond donors (Lipinski definition) is 0. The first-order valence-corrected chi connectivity index (χ1v) is 3.62. The summed E-state index contributed by atoms with van der Waals surface area (Å²) in [6, 6.07) is 0. The van der Waals surface area contributed by atoms with Crippen LogP contribution in [0.3, 0.4) is 0 Å². The molecule has 10 heavy (non-hydrogen) atoms. The molecule has 2 nitrogen and oxygen atoms in total. The highest BCUT2D eigenvalue weighted by molar-refractivity contribution is 5.58. The molecule has 0 amide bonds. The average Bonchev–Trinajstić information content (AvgIpc) is 1.89. The highest BCUT2D eigenvalue weighted by Crippen LogP contribution is 2.19. The molecule has 0 saturated heterocycles. The standard InChI is InChI=1S/C8H16O2/c1-5-10-7(2)8(3,4)6-9/h6-7H,5H2,1-4H3. The van der Waals surface area contributed by atoms with Gasteiger partial charge in [-0.05, 0) is 13.8 Å². The van der Waals surface area contributed by atoms with Gasteiger partial charge in [-0.25, -0.2) is 0 Å². The molecular formula is C8H16O2. The molecule has 0 aromatic carbocycles. The van der Waals surface area contributed by atoms with Crippen LogP contribution in [0, 0.1) is 5.41 Å². The number of carbonyl (C=O) groups excluding carboxylic acids is 1. The third kappa shape index (κ3) is 2.48. The van der Waals surface area contributed by atoms with Gasteiger partial charge in [-0.15, -0.1) is 0 Å². The average molecular weight is 144 g/mol. The van der Waals surface area contributed by atoms with Crippen LogP contribution in [0.5, 0.6) is 0 Å². The van der Waals surface area contributed by atoms with Crippen molar-refractivity contribution in [2.75, 3.05) is 6.61 Å². The number of aldehydes is 1. The van der Waals surface area contributed by atoms with Crippen molar-refractivity contribution < 1.29 is 9.53 Å². The van der Waals surface area contributed by atoms with E-state index in [9.17, 15) is 4.79 Å². The minimum absolute atomic E-state index is 0.00926. The van der Waals surface area contributed by atoms with Gasteiger partial charge in [-0.2, -0.15) is 0 Å². The van der Waals surface area contributed by atoms with Gasteiger partial charge < -0.3 is 9.53 Å². The molecule has 0 N–H and O–H groups in total. The van der Waals surface area contributed by atoms with Crippen LogP contribution in [-0.2, 0) is 9.53 Å². The molecule has 1 unspecified atom stereocenters. The molecule has 1 atom stereocenters. The zero-order valence-corrected chi connectivity index (χ0v) is 7.18. The highest BCUT2D eigenvalue weighted by atomic mass is 16.5. The minimum atomic E-state index is -0.351. The van der Waals surface area contributed by atoms with E-state index >= 15 is 0 Å². The van der Waals surface area contributed by atoms with Gasteiger partial charge in [0.1, 0.15) is 6.29 Å². The Labute approximate surface area is 62.6 Å². The maximum absolute atomic E-state index is 10.5. The molecule has 0 rings (SSSR count). The van der Waals surface area contributed by atoms with Crippen LogP contribution in [-0.4, -0.2) is 19.0 Å². The van der Waals surface area contributed by atoms with E-state index in [1.807, 2.05) is 27.7 Å². The predicted molar refractivity (Wildman–Crippen MR) is 40.9 cm³/mol. The largest absolute Gasteiger partial charge is 0.378 e. The van der Waals surface area contributed by atoms with Crippen molar-refractivity contribution >= 4 is 6.29 Å². The number of rotatable bonds is 4. The molecule has 0 aliphatic heterocycles. The first-order chi connectivity index (χ1) is 4.54. The maximum atomic E-state index is 10.5. The van der Waals surface area contributed by atoms with E-state index < -0.39 is 0 Å². The van der Waals surface area contributed by atoms with Crippen LogP contribution in [0.4, 0.5) is 0 Å². The Bertz CT molecular complexity index is 108. The molecule has 60 valence electrons. The van der Waals surface area contributed by atoms with Crippen LogP contribution in [0.2, 0.25) is 0 Å². The smallest absolute Gasteiger partial charge is 0.128 e. The van der Waals surface area contributed by atoms with E-state index in [2.05, 4.69) is 0 Å². The topological polar surface area (TPSA) is 26.3 Å². The minimum Gasteiger partial charge on any atom is -0.378 e. The Morgan fingerprint density at radius 3 is 2.40 bits per heavy atom. The van der Waals surface area contributed by atoms with Crippen LogP contribution >= 0.6 is 0 Å².